The first-order chi connectivity index (χ1) is 7.90. The summed E-state index contributed by atoms with van der Waals surface area (Å²) < 4.78 is 0. The van der Waals surface area contributed by atoms with Crippen molar-refractivity contribution in [1.82, 2.24) is 5.32 Å². The topological polar surface area (TPSA) is 127 Å². The van der Waals surface area contributed by atoms with Crippen molar-refractivity contribution in [1.29, 1.82) is 0 Å². The van der Waals surface area contributed by atoms with Crippen LogP contribution >= 0.6 is 0 Å². The van der Waals surface area contributed by atoms with Gasteiger partial charge in [0.2, 0.25) is 0 Å². The first-order valence-electron chi connectivity index (χ1n) is 4.62. The number of carbonyl (C=O) groups is 2. The molecule has 0 fully saturated rings. The largest absolute Gasteiger partial charge is 0.508 e. The smallest absolute Gasteiger partial charge is 0.334 e. The van der Waals surface area contributed by atoms with E-state index in [0.29, 0.717) is 0 Å². The highest BCUT2D eigenvalue weighted by molar-refractivity contribution is 5.95. The van der Waals surface area contributed by atoms with Crippen molar-refractivity contribution < 1.29 is 30.0 Å². The van der Waals surface area contributed by atoms with Crippen LogP contribution in [-0.4, -0.2) is 45.0 Å². The number of rotatable bonds is 4. The summed E-state index contributed by atoms with van der Waals surface area (Å²) in [6.45, 7) is -0.468. The number of carbonyl (C=O) groups excluding carboxylic acids is 1. The van der Waals surface area contributed by atoms with Gasteiger partial charge in [-0.2, -0.15) is 0 Å². The molecule has 0 radical (unpaired) electrons. The molecule has 0 unspecified atom stereocenters. The zero-order valence-corrected chi connectivity index (χ0v) is 8.62. The fourth-order valence-electron chi connectivity index (χ4n) is 1.10. The van der Waals surface area contributed by atoms with E-state index in [0.717, 1.165) is 18.2 Å². The molecular weight excluding hydrogens is 230 g/mol. The number of hydrogen-bond donors (Lipinski definition) is 5. The molecule has 0 aliphatic carbocycles. The van der Waals surface area contributed by atoms with Crippen molar-refractivity contribution in [3.05, 3.63) is 23.8 Å². The van der Waals surface area contributed by atoms with Crippen LogP contribution in [0.3, 0.4) is 0 Å². The third kappa shape index (κ3) is 3.65. The molecule has 1 rings (SSSR count). The monoisotopic (exact) mass is 241 g/mol. The number of phenolic OH excluding ortho intramolecular Hbond substituents is 2. The normalized spacial score (nSPS) is 11.8. The average molecular weight is 241 g/mol. The number of hydrogen-bond acceptors (Lipinski definition) is 5. The average Bonchev–Trinajstić information content (AvgIpc) is 2.23. The number of nitrogens with one attached hydrogen (secondary N) is 1. The van der Waals surface area contributed by atoms with E-state index in [-0.39, 0.29) is 17.1 Å². The van der Waals surface area contributed by atoms with Gasteiger partial charge >= 0.3 is 5.97 Å². The number of carboxylic acids is 1. The summed E-state index contributed by atoms with van der Waals surface area (Å²) in [5, 5.41) is 37.7. The molecule has 0 saturated heterocycles. The van der Waals surface area contributed by atoms with Gasteiger partial charge < -0.3 is 25.7 Å². The van der Waals surface area contributed by atoms with Gasteiger partial charge in [-0.25, -0.2) is 4.79 Å². The maximum absolute atomic E-state index is 11.4. The van der Waals surface area contributed by atoms with Crippen molar-refractivity contribution in [2.24, 2.45) is 0 Å². The maximum atomic E-state index is 11.4. The van der Waals surface area contributed by atoms with Gasteiger partial charge in [0.05, 0.1) is 6.54 Å². The maximum Gasteiger partial charge on any atom is 0.334 e. The molecule has 0 aliphatic heterocycles. The second-order valence-electron chi connectivity index (χ2n) is 3.30. The number of benzene rings is 1. The van der Waals surface area contributed by atoms with E-state index in [1.165, 1.54) is 0 Å². The Labute approximate surface area is 95.9 Å². The highest BCUT2D eigenvalue weighted by Crippen LogP contribution is 2.20. The number of phenols is 2. The van der Waals surface area contributed by atoms with Crippen LogP contribution in [0.2, 0.25) is 0 Å². The lowest BCUT2D eigenvalue weighted by Gasteiger charge is -2.08. The van der Waals surface area contributed by atoms with E-state index in [2.05, 4.69) is 5.32 Å². The molecule has 0 saturated carbocycles. The van der Waals surface area contributed by atoms with Crippen LogP contribution in [0.1, 0.15) is 10.4 Å². The first kappa shape index (κ1) is 12.8. The van der Waals surface area contributed by atoms with Crippen LogP contribution in [0.15, 0.2) is 18.2 Å². The Morgan fingerprint density at radius 1 is 1.18 bits per heavy atom. The lowest BCUT2D eigenvalue weighted by atomic mass is 10.2. The van der Waals surface area contributed by atoms with Crippen molar-refractivity contribution in [3.8, 4) is 11.5 Å². The summed E-state index contributed by atoms with van der Waals surface area (Å²) in [6, 6.07) is 3.24. The van der Waals surface area contributed by atoms with Gasteiger partial charge in [-0.05, 0) is 12.1 Å². The summed E-state index contributed by atoms with van der Waals surface area (Å²) in [6.07, 6.45) is -1.70. The summed E-state index contributed by atoms with van der Waals surface area (Å²) >= 11 is 0. The molecule has 0 aromatic heterocycles. The third-order valence-corrected chi connectivity index (χ3v) is 1.91. The molecule has 0 aliphatic rings. The first-order valence-corrected chi connectivity index (χ1v) is 4.62. The Bertz CT molecular complexity index is 424. The highest BCUT2D eigenvalue weighted by Gasteiger charge is 2.15. The van der Waals surface area contributed by atoms with Gasteiger partial charge in [-0.15, -0.1) is 0 Å². The summed E-state index contributed by atoms with van der Waals surface area (Å²) in [5.41, 5.74) is -0.0416. The molecule has 7 heteroatoms. The van der Waals surface area contributed by atoms with Crippen LogP contribution in [0.25, 0.3) is 0 Å². The lowest BCUT2D eigenvalue weighted by Crippen LogP contribution is -2.36. The number of carboxylic acid groups (broad SMARTS) is 1. The number of aromatic hydroxyl groups is 2. The van der Waals surface area contributed by atoms with E-state index in [4.69, 9.17) is 20.4 Å². The second kappa shape index (κ2) is 5.17. The summed E-state index contributed by atoms with van der Waals surface area (Å²) in [4.78, 5) is 21.7. The fraction of sp³-hybridized carbons (Fsp3) is 0.200. The van der Waals surface area contributed by atoms with Gasteiger partial charge in [0.15, 0.2) is 6.10 Å². The van der Waals surface area contributed by atoms with E-state index >= 15 is 0 Å². The predicted molar refractivity (Wildman–Crippen MR) is 55.7 cm³/mol. The number of amides is 1. The Kier molecular flexibility index (Phi) is 3.89. The Morgan fingerprint density at radius 3 is 2.18 bits per heavy atom. The Hall–Kier alpha value is -2.28. The number of aliphatic hydroxyl groups is 1. The molecule has 7 nitrogen and oxygen atoms in total. The Balaban J connectivity index is 2.67. The van der Waals surface area contributed by atoms with Crippen molar-refractivity contribution in [2.75, 3.05) is 6.54 Å². The van der Waals surface area contributed by atoms with Crippen molar-refractivity contribution in [3.63, 3.8) is 0 Å². The minimum Gasteiger partial charge on any atom is -0.508 e. The fourth-order valence-corrected chi connectivity index (χ4v) is 1.10. The van der Waals surface area contributed by atoms with Gasteiger partial charge in [0, 0.05) is 11.6 Å². The van der Waals surface area contributed by atoms with E-state index in [9.17, 15) is 9.59 Å². The zero-order valence-electron chi connectivity index (χ0n) is 8.62. The van der Waals surface area contributed by atoms with Crippen molar-refractivity contribution >= 4 is 11.9 Å². The Morgan fingerprint density at radius 2 is 1.71 bits per heavy atom. The molecule has 1 aromatic carbocycles. The lowest BCUT2D eigenvalue weighted by molar-refractivity contribution is -0.146. The second-order valence-corrected chi connectivity index (χ2v) is 3.30. The van der Waals surface area contributed by atoms with Crippen LogP contribution in [0.5, 0.6) is 11.5 Å². The molecule has 0 heterocycles. The number of aliphatic hydroxyl groups excluding tert-OH is 1. The number of aliphatic carboxylic acids is 1. The van der Waals surface area contributed by atoms with E-state index < -0.39 is 24.5 Å². The quantitative estimate of drug-likeness (QED) is 0.473. The third-order valence-electron chi connectivity index (χ3n) is 1.91. The molecule has 1 atom stereocenters. The van der Waals surface area contributed by atoms with Gasteiger partial charge in [-0.1, -0.05) is 0 Å². The molecule has 92 valence electrons. The predicted octanol–water partition coefficient (Wildman–Crippen LogP) is -0.727. The van der Waals surface area contributed by atoms with Crippen molar-refractivity contribution in [2.45, 2.75) is 6.10 Å². The molecule has 1 aromatic rings. The van der Waals surface area contributed by atoms with Crippen LogP contribution < -0.4 is 5.32 Å². The van der Waals surface area contributed by atoms with Crippen LogP contribution in [0, 0.1) is 0 Å². The van der Waals surface area contributed by atoms with Crippen LogP contribution in [0.4, 0.5) is 0 Å². The summed E-state index contributed by atoms with van der Waals surface area (Å²) in [5.74, 6) is -2.76. The summed E-state index contributed by atoms with van der Waals surface area (Å²) in [7, 11) is 0. The van der Waals surface area contributed by atoms with Crippen LogP contribution in [-0.2, 0) is 4.79 Å². The van der Waals surface area contributed by atoms with E-state index in [1.54, 1.807) is 0 Å². The molecule has 17 heavy (non-hydrogen) atoms. The molecule has 5 N–H and O–H groups in total. The van der Waals surface area contributed by atoms with Gasteiger partial charge in [0.1, 0.15) is 11.5 Å². The standard InChI is InChI=1S/C10H11NO6/c12-6-1-5(2-7(13)3-6)9(15)11-4-8(14)10(16)17/h1-3,8,12-14H,4H2,(H,11,15)(H,16,17)/t8-/m0/s1. The molecular formula is C10H11NO6. The molecule has 1 amide bonds. The molecule has 0 spiro atoms. The zero-order chi connectivity index (χ0) is 13.0. The molecule has 0 bridgehead atoms. The SMILES string of the molecule is O=C(NC[C@H](O)C(=O)O)c1cc(O)cc(O)c1. The van der Waals surface area contributed by atoms with Gasteiger partial charge in [-0.3, -0.25) is 4.79 Å². The van der Waals surface area contributed by atoms with E-state index in [1.807, 2.05) is 0 Å². The minimum atomic E-state index is -1.70. The minimum absolute atomic E-state index is 0.0416. The highest BCUT2D eigenvalue weighted by atomic mass is 16.4. The van der Waals surface area contributed by atoms with Gasteiger partial charge in [0.25, 0.3) is 5.91 Å².